The predicted molar refractivity (Wildman–Crippen MR) is 84.1 cm³/mol. The molecular formula is C17H27NO3. The number of rotatable bonds is 8. The average molecular weight is 293 g/mol. The molecule has 1 fully saturated rings. The van der Waals surface area contributed by atoms with Crippen molar-refractivity contribution >= 4 is 0 Å². The van der Waals surface area contributed by atoms with Crippen LogP contribution in [0.3, 0.4) is 0 Å². The van der Waals surface area contributed by atoms with Crippen LogP contribution < -0.4 is 15.2 Å². The summed E-state index contributed by atoms with van der Waals surface area (Å²) < 4.78 is 16.2. The lowest BCUT2D eigenvalue weighted by Crippen LogP contribution is -2.23. The molecule has 2 atom stereocenters. The van der Waals surface area contributed by atoms with E-state index < -0.39 is 0 Å². The van der Waals surface area contributed by atoms with E-state index in [4.69, 9.17) is 19.9 Å². The number of ether oxygens (including phenoxy) is 3. The number of hydrogen-bond acceptors (Lipinski definition) is 4. The SMILES string of the molecule is COc1ccc(CC(N)CCCC2CCCO2)cc1OC. The van der Waals surface area contributed by atoms with Gasteiger partial charge in [-0.3, -0.25) is 0 Å². The maximum Gasteiger partial charge on any atom is 0.160 e. The second-order valence-corrected chi connectivity index (χ2v) is 5.72. The number of methoxy groups -OCH3 is 2. The summed E-state index contributed by atoms with van der Waals surface area (Å²) in [6.07, 6.45) is 7.07. The molecule has 1 aromatic carbocycles. The molecule has 0 aromatic heterocycles. The molecule has 1 aliphatic rings. The van der Waals surface area contributed by atoms with Crippen LogP contribution in [0, 0.1) is 0 Å². The summed E-state index contributed by atoms with van der Waals surface area (Å²) in [6, 6.07) is 6.19. The van der Waals surface area contributed by atoms with Crippen molar-refractivity contribution in [2.45, 2.75) is 50.7 Å². The Morgan fingerprint density at radius 2 is 2.10 bits per heavy atom. The third-order valence-corrected chi connectivity index (χ3v) is 4.07. The largest absolute Gasteiger partial charge is 0.493 e. The van der Waals surface area contributed by atoms with Crippen LogP contribution >= 0.6 is 0 Å². The van der Waals surface area contributed by atoms with E-state index in [0.29, 0.717) is 6.10 Å². The van der Waals surface area contributed by atoms with Crippen molar-refractivity contribution in [3.63, 3.8) is 0 Å². The summed E-state index contributed by atoms with van der Waals surface area (Å²) in [5.41, 5.74) is 7.43. The van der Waals surface area contributed by atoms with Crippen LogP contribution in [0.15, 0.2) is 18.2 Å². The molecule has 4 nitrogen and oxygen atoms in total. The van der Waals surface area contributed by atoms with Gasteiger partial charge in [0.05, 0.1) is 20.3 Å². The Bertz CT molecular complexity index is 430. The summed E-state index contributed by atoms with van der Waals surface area (Å²) in [5, 5.41) is 0. The van der Waals surface area contributed by atoms with Gasteiger partial charge in [0.25, 0.3) is 0 Å². The molecule has 0 spiro atoms. The first-order chi connectivity index (χ1) is 10.2. The van der Waals surface area contributed by atoms with Gasteiger partial charge < -0.3 is 19.9 Å². The molecule has 1 aliphatic heterocycles. The zero-order valence-corrected chi connectivity index (χ0v) is 13.1. The van der Waals surface area contributed by atoms with Gasteiger partial charge in [0, 0.05) is 12.6 Å². The number of hydrogen-bond donors (Lipinski definition) is 1. The smallest absolute Gasteiger partial charge is 0.160 e. The van der Waals surface area contributed by atoms with Crippen molar-refractivity contribution in [1.82, 2.24) is 0 Å². The highest BCUT2D eigenvalue weighted by Gasteiger charge is 2.15. The van der Waals surface area contributed by atoms with Crippen molar-refractivity contribution in [1.29, 1.82) is 0 Å². The maximum absolute atomic E-state index is 6.24. The van der Waals surface area contributed by atoms with Gasteiger partial charge in [-0.25, -0.2) is 0 Å². The van der Waals surface area contributed by atoms with Gasteiger partial charge in [0.15, 0.2) is 11.5 Å². The van der Waals surface area contributed by atoms with Crippen molar-refractivity contribution < 1.29 is 14.2 Å². The van der Waals surface area contributed by atoms with E-state index in [1.54, 1.807) is 14.2 Å². The van der Waals surface area contributed by atoms with Crippen LogP contribution in [0.5, 0.6) is 11.5 Å². The lowest BCUT2D eigenvalue weighted by Gasteiger charge is -2.15. The molecule has 0 saturated carbocycles. The van der Waals surface area contributed by atoms with Crippen LogP contribution in [0.4, 0.5) is 0 Å². The van der Waals surface area contributed by atoms with Crippen molar-refractivity contribution in [3.8, 4) is 11.5 Å². The summed E-state index contributed by atoms with van der Waals surface area (Å²) in [5.74, 6) is 1.52. The molecule has 2 rings (SSSR count). The van der Waals surface area contributed by atoms with Crippen LogP contribution in [0.1, 0.15) is 37.7 Å². The van der Waals surface area contributed by atoms with Crippen LogP contribution in [-0.4, -0.2) is 33.0 Å². The van der Waals surface area contributed by atoms with Gasteiger partial charge in [-0.05, 0) is 56.2 Å². The van der Waals surface area contributed by atoms with Crippen LogP contribution in [0.2, 0.25) is 0 Å². The highest BCUT2D eigenvalue weighted by Crippen LogP contribution is 2.28. The molecule has 0 aliphatic carbocycles. The zero-order chi connectivity index (χ0) is 15.1. The second-order valence-electron chi connectivity index (χ2n) is 5.72. The van der Waals surface area contributed by atoms with Crippen LogP contribution in [0.25, 0.3) is 0 Å². The summed E-state index contributed by atoms with van der Waals surface area (Å²) in [4.78, 5) is 0. The standard InChI is InChI=1S/C17H27NO3/c1-19-16-9-8-13(12-17(16)20-2)11-14(18)5-3-6-15-7-4-10-21-15/h8-9,12,14-15H,3-7,10-11,18H2,1-2H3. The third kappa shape index (κ3) is 4.90. The highest BCUT2D eigenvalue weighted by molar-refractivity contribution is 5.43. The normalized spacial score (nSPS) is 19.5. The molecule has 2 unspecified atom stereocenters. The highest BCUT2D eigenvalue weighted by atomic mass is 16.5. The lowest BCUT2D eigenvalue weighted by molar-refractivity contribution is 0.101. The van der Waals surface area contributed by atoms with Gasteiger partial charge in [0.1, 0.15) is 0 Å². The molecule has 1 aromatic rings. The van der Waals surface area contributed by atoms with E-state index >= 15 is 0 Å². The Kier molecular flexibility index (Phi) is 6.33. The van der Waals surface area contributed by atoms with E-state index in [2.05, 4.69) is 6.07 Å². The molecule has 0 bridgehead atoms. The quantitative estimate of drug-likeness (QED) is 0.800. The maximum atomic E-state index is 6.24. The van der Waals surface area contributed by atoms with Gasteiger partial charge >= 0.3 is 0 Å². The fourth-order valence-electron chi connectivity index (χ4n) is 2.89. The lowest BCUT2D eigenvalue weighted by atomic mass is 10.00. The van der Waals surface area contributed by atoms with Crippen molar-refractivity contribution in [2.75, 3.05) is 20.8 Å². The van der Waals surface area contributed by atoms with E-state index in [-0.39, 0.29) is 6.04 Å². The molecule has 118 valence electrons. The Balaban J connectivity index is 1.77. The second kappa shape index (κ2) is 8.25. The summed E-state index contributed by atoms with van der Waals surface area (Å²) in [6.45, 7) is 0.933. The monoisotopic (exact) mass is 293 g/mol. The minimum Gasteiger partial charge on any atom is -0.493 e. The van der Waals surface area contributed by atoms with E-state index in [1.165, 1.54) is 18.4 Å². The zero-order valence-electron chi connectivity index (χ0n) is 13.1. The molecule has 0 radical (unpaired) electrons. The Morgan fingerprint density at radius 3 is 2.76 bits per heavy atom. The molecular weight excluding hydrogens is 266 g/mol. The Morgan fingerprint density at radius 1 is 1.29 bits per heavy atom. The first kappa shape index (κ1) is 16.1. The molecule has 1 heterocycles. The first-order valence-electron chi connectivity index (χ1n) is 7.81. The summed E-state index contributed by atoms with van der Waals surface area (Å²) >= 11 is 0. The van der Waals surface area contributed by atoms with Gasteiger partial charge in [-0.1, -0.05) is 6.07 Å². The molecule has 21 heavy (non-hydrogen) atoms. The topological polar surface area (TPSA) is 53.7 Å². The minimum atomic E-state index is 0.185. The molecule has 2 N–H and O–H groups in total. The third-order valence-electron chi connectivity index (χ3n) is 4.07. The van der Waals surface area contributed by atoms with Gasteiger partial charge in [0.2, 0.25) is 0 Å². The molecule has 1 saturated heterocycles. The molecule has 0 amide bonds. The van der Waals surface area contributed by atoms with Gasteiger partial charge in [-0.15, -0.1) is 0 Å². The number of benzene rings is 1. The van der Waals surface area contributed by atoms with E-state index in [1.807, 2.05) is 12.1 Å². The van der Waals surface area contributed by atoms with E-state index in [9.17, 15) is 0 Å². The van der Waals surface area contributed by atoms with E-state index in [0.717, 1.165) is 43.8 Å². The van der Waals surface area contributed by atoms with Crippen molar-refractivity contribution in [2.24, 2.45) is 5.73 Å². The number of nitrogens with two attached hydrogens (primary N) is 1. The average Bonchev–Trinajstić information content (AvgIpc) is 3.00. The van der Waals surface area contributed by atoms with Crippen molar-refractivity contribution in [3.05, 3.63) is 23.8 Å². The van der Waals surface area contributed by atoms with Crippen LogP contribution in [-0.2, 0) is 11.2 Å². The Labute approximate surface area is 127 Å². The van der Waals surface area contributed by atoms with Gasteiger partial charge in [-0.2, -0.15) is 0 Å². The summed E-state index contributed by atoms with van der Waals surface area (Å²) in [7, 11) is 3.30. The minimum absolute atomic E-state index is 0.185. The fraction of sp³-hybridized carbons (Fsp3) is 0.647. The Hall–Kier alpha value is -1.26. The molecule has 4 heteroatoms. The first-order valence-corrected chi connectivity index (χ1v) is 7.81. The predicted octanol–water partition coefficient (Wildman–Crippen LogP) is 2.92. The fourth-order valence-corrected chi connectivity index (χ4v) is 2.89.